The molecule has 2 amide bonds. The minimum absolute atomic E-state index is 0.115. The summed E-state index contributed by atoms with van der Waals surface area (Å²) in [7, 11) is 0. The molecule has 5 nitrogen and oxygen atoms in total. The number of carbonyl (C=O) groups excluding carboxylic acids is 1. The van der Waals surface area contributed by atoms with Crippen molar-refractivity contribution in [3.8, 4) is 11.1 Å². The molecule has 25 heavy (non-hydrogen) atoms. The van der Waals surface area contributed by atoms with Gasteiger partial charge < -0.3 is 10.8 Å². The Morgan fingerprint density at radius 2 is 1.64 bits per heavy atom. The summed E-state index contributed by atoms with van der Waals surface area (Å²) in [6, 6.07) is 14.6. The predicted octanol–water partition coefficient (Wildman–Crippen LogP) is 4.27. The average Bonchev–Trinajstić information content (AvgIpc) is 2.63. The summed E-state index contributed by atoms with van der Waals surface area (Å²) in [5.74, 6) is -0.614. The van der Waals surface area contributed by atoms with E-state index in [2.05, 4.69) is 0 Å². The Kier molecular flexibility index (Phi) is 5.03. The van der Waals surface area contributed by atoms with Crippen molar-refractivity contribution in [1.82, 2.24) is 0 Å². The molecule has 0 atom stereocenters. The smallest absolute Gasteiger partial charge is 0.412 e. The van der Waals surface area contributed by atoms with Crippen molar-refractivity contribution in [2.75, 3.05) is 4.90 Å². The van der Waals surface area contributed by atoms with Crippen molar-refractivity contribution in [2.45, 2.75) is 38.1 Å². The summed E-state index contributed by atoms with van der Waals surface area (Å²) in [5.41, 5.74) is 7.81. The number of nitrogens with zero attached hydrogens (tertiary/aromatic N) is 1. The van der Waals surface area contributed by atoms with Gasteiger partial charge in [-0.3, -0.25) is 9.69 Å². The van der Waals surface area contributed by atoms with E-state index in [0.29, 0.717) is 11.3 Å². The summed E-state index contributed by atoms with van der Waals surface area (Å²) in [4.78, 5) is 25.6. The highest BCUT2D eigenvalue weighted by molar-refractivity contribution is 6.08. The predicted molar refractivity (Wildman–Crippen MR) is 97.8 cm³/mol. The first-order chi connectivity index (χ1) is 12.1. The van der Waals surface area contributed by atoms with Gasteiger partial charge in [-0.25, -0.2) is 4.79 Å². The van der Waals surface area contributed by atoms with E-state index in [1.807, 2.05) is 30.3 Å². The molecular formula is C20H22N2O3. The maximum atomic E-state index is 12.2. The normalized spacial score (nSPS) is 14.9. The van der Waals surface area contributed by atoms with Gasteiger partial charge in [-0.2, -0.15) is 0 Å². The first kappa shape index (κ1) is 17.0. The third-order valence-corrected chi connectivity index (χ3v) is 4.78. The van der Waals surface area contributed by atoms with E-state index in [9.17, 15) is 14.7 Å². The van der Waals surface area contributed by atoms with Gasteiger partial charge in [0.25, 0.3) is 5.91 Å². The van der Waals surface area contributed by atoms with Gasteiger partial charge in [-0.1, -0.05) is 61.7 Å². The van der Waals surface area contributed by atoms with Gasteiger partial charge in [0.1, 0.15) is 0 Å². The van der Waals surface area contributed by atoms with E-state index in [0.717, 1.165) is 37.7 Å². The Labute approximate surface area is 147 Å². The third-order valence-electron chi connectivity index (χ3n) is 4.78. The van der Waals surface area contributed by atoms with Crippen LogP contribution in [0.2, 0.25) is 0 Å². The van der Waals surface area contributed by atoms with Crippen molar-refractivity contribution < 1.29 is 14.7 Å². The highest BCUT2D eigenvalue weighted by atomic mass is 16.4. The quantitative estimate of drug-likeness (QED) is 0.873. The van der Waals surface area contributed by atoms with Crippen molar-refractivity contribution in [3.63, 3.8) is 0 Å². The minimum atomic E-state index is -1.04. The van der Waals surface area contributed by atoms with Crippen LogP contribution in [-0.4, -0.2) is 23.1 Å². The summed E-state index contributed by atoms with van der Waals surface area (Å²) >= 11 is 0. The SMILES string of the molecule is NC(=O)c1c(-c2ccccc2)cccc1N(C(=O)O)C1CCCCC1. The topological polar surface area (TPSA) is 83.6 Å². The lowest BCUT2D eigenvalue weighted by Crippen LogP contribution is -2.42. The van der Waals surface area contributed by atoms with E-state index in [1.165, 1.54) is 4.90 Å². The standard InChI is InChI=1S/C20H22N2O3/c21-19(23)18-16(14-8-3-1-4-9-14)12-7-13-17(18)22(20(24)25)15-10-5-2-6-11-15/h1,3-4,7-9,12-13,15H,2,5-6,10-11H2,(H2,21,23)(H,24,25). The van der Waals surface area contributed by atoms with Gasteiger partial charge in [-0.15, -0.1) is 0 Å². The largest absolute Gasteiger partial charge is 0.465 e. The molecule has 130 valence electrons. The lowest BCUT2D eigenvalue weighted by atomic mass is 9.92. The molecule has 3 rings (SSSR count). The van der Waals surface area contributed by atoms with Crippen molar-refractivity contribution in [3.05, 3.63) is 54.1 Å². The van der Waals surface area contributed by atoms with E-state index < -0.39 is 12.0 Å². The fourth-order valence-corrected chi connectivity index (χ4v) is 3.65. The van der Waals surface area contributed by atoms with Crippen LogP contribution in [0.15, 0.2) is 48.5 Å². The number of hydrogen-bond acceptors (Lipinski definition) is 2. The highest BCUT2D eigenvalue weighted by Gasteiger charge is 2.30. The molecule has 1 fully saturated rings. The molecule has 2 aromatic carbocycles. The molecule has 0 bridgehead atoms. The number of primary amides is 1. The number of hydrogen-bond donors (Lipinski definition) is 2. The number of carboxylic acid groups (broad SMARTS) is 1. The maximum Gasteiger partial charge on any atom is 0.412 e. The van der Waals surface area contributed by atoms with E-state index >= 15 is 0 Å². The van der Waals surface area contributed by atoms with Crippen molar-refractivity contribution in [2.24, 2.45) is 5.73 Å². The van der Waals surface area contributed by atoms with Crippen molar-refractivity contribution >= 4 is 17.7 Å². The molecular weight excluding hydrogens is 316 g/mol. The van der Waals surface area contributed by atoms with Gasteiger partial charge >= 0.3 is 6.09 Å². The number of nitrogens with two attached hydrogens (primary N) is 1. The zero-order chi connectivity index (χ0) is 17.8. The number of carbonyl (C=O) groups is 2. The Morgan fingerprint density at radius 3 is 2.24 bits per heavy atom. The lowest BCUT2D eigenvalue weighted by molar-refractivity contribution is 0.100. The molecule has 1 saturated carbocycles. The van der Waals surface area contributed by atoms with Gasteiger partial charge in [0.15, 0.2) is 0 Å². The monoisotopic (exact) mass is 338 g/mol. The zero-order valence-electron chi connectivity index (χ0n) is 14.0. The average molecular weight is 338 g/mol. The molecule has 0 aromatic heterocycles. The lowest BCUT2D eigenvalue weighted by Gasteiger charge is -2.33. The van der Waals surface area contributed by atoms with Crippen LogP contribution in [0, 0.1) is 0 Å². The van der Waals surface area contributed by atoms with Crippen LogP contribution in [0.4, 0.5) is 10.5 Å². The van der Waals surface area contributed by atoms with E-state index in [-0.39, 0.29) is 11.6 Å². The summed E-state index contributed by atoms with van der Waals surface area (Å²) in [6.45, 7) is 0. The third kappa shape index (κ3) is 3.50. The second-order valence-electron chi connectivity index (χ2n) is 6.37. The molecule has 1 aliphatic rings. The number of amides is 2. The molecule has 0 heterocycles. The Morgan fingerprint density at radius 1 is 0.960 bits per heavy atom. The summed E-state index contributed by atoms with van der Waals surface area (Å²) in [6.07, 6.45) is 3.69. The maximum absolute atomic E-state index is 12.2. The van der Waals surface area contributed by atoms with Crippen LogP contribution in [0.25, 0.3) is 11.1 Å². The van der Waals surface area contributed by atoms with E-state index in [4.69, 9.17) is 5.73 Å². The molecule has 1 aliphatic carbocycles. The summed E-state index contributed by atoms with van der Waals surface area (Å²) in [5, 5.41) is 9.82. The number of rotatable bonds is 4. The van der Waals surface area contributed by atoms with Crippen LogP contribution < -0.4 is 10.6 Å². The van der Waals surface area contributed by atoms with Crippen LogP contribution >= 0.6 is 0 Å². The fourth-order valence-electron chi connectivity index (χ4n) is 3.65. The molecule has 0 unspecified atom stereocenters. The minimum Gasteiger partial charge on any atom is -0.465 e. The van der Waals surface area contributed by atoms with Gasteiger partial charge in [-0.05, 0) is 30.0 Å². The Hall–Kier alpha value is -2.82. The van der Waals surface area contributed by atoms with Crippen LogP contribution in [0.3, 0.4) is 0 Å². The number of benzene rings is 2. The van der Waals surface area contributed by atoms with Crippen molar-refractivity contribution in [1.29, 1.82) is 0 Å². The van der Waals surface area contributed by atoms with Gasteiger partial charge in [0.05, 0.1) is 11.3 Å². The van der Waals surface area contributed by atoms with Crippen LogP contribution in [-0.2, 0) is 0 Å². The highest BCUT2D eigenvalue weighted by Crippen LogP contribution is 2.35. The molecule has 2 aromatic rings. The molecule has 0 saturated heterocycles. The number of anilines is 1. The van der Waals surface area contributed by atoms with Crippen LogP contribution in [0.5, 0.6) is 0 Å². The van der Waals surface area contributed by atoms with Gasteiger partial charge in [0.2, 0.25) is 0 Å². The van der Waals surface area contributed by atoms with Gasteiger partial charge in [0, 0.05) is 6.04 Å². The first-order valence-corrected chi connectivity index (χ1v) is 8.60. The first-order valence-electron chi connectivity index (χ1n) is 8.60. The molecule has 0 radical (unpaired) electrons. The molecule has 5 heteroatoms. The molecule has 0 aliphatic heterocycles. The summed E-state index contributed by atoms with van der Waals surface area (Å²) < 4.78 is 0. The van der Waals surface area contributed by atoms with Crippen LogP contribution in [0.1, 0.15) is 42.5 Å². The second kappa shape index (κ2) is 7.38. The fraction of sp³-hybridized carbons (Fsp3) is 0.300. The molecule has 3 N–H and O–H groups in total. The Bertz CT molecular complexity index is 768. The zero-order valence-corrected chi connectivity index (χ0v) is 14.0. The molecule has 0 spiro atoms. The second-order valence-corrected chi connectivity index (χ2v) is 6.37. The van der Waals surface area contributed by atoms with E-state index in [1.54, 1.807) is 18.2 Å². The Balaban J connectivity index is 2.14.